The summed E-state index contributed by atoms with van der Waals surface area (Å²) in [5.74, 6) is 2.61. The Hall–Kier alpha value is -2.01. The van der Waals surface area contributed by atoms with Crippen molar-refractivity contribution in [2.45, 2.75) is 39.9 Å². The van der Waals surface area contributed by atoms with Gasteiger partial charge in [0.05, 0.1) is 5.57 Å². The molecule has 3 heteroatoms. The Labute approximate surface area is 134 Å². The van der Waals surface area contributed by atoms with E-state index in [1.54, 1.807) is 0 Å². The normalized spacial score (nSPS) is 10.0. The molecule has 1 rings (SSSR count). The maximum atomic E-state index is 12.2. The second-order valence-electron chi connectivity index (χ2n) is 6.39. The van der Waals surface area contributed by atoms with E-state index in [-0.39, 0.29) is 12.6 Å². The topological polar surface area (TPSA) is 26.3 Å². The molecule has 0 heterocycles. The number of hydrogen-bond donors (Lipinski definition) is 0. The quantitative estimate of drug-likeness (QED) is 0.274. The van der Waals surface area contributed by atoms with Gasteiger partial charge in [0.2, 0.25) is 0 Å². The molecule has 0 N–H and O–H groups in total. The van der Waals surface area contributed by atoms with Crippen LogP contribution in [0.4, 0.5) is 0 Å². The highest BCUT2D eigenvalue weighted by molar-refractivity contribution is 6.83. The lowest BCUT2D eigenvalue weighted by molar-refractivity contribution is -0.137. The predicted octanol–water partition coefficient (Wildman–Crippen LogP) is 4.14. The van der Waals surface area contributed by atoms with Gasteiger partial charge in [0.25, 0.3) is 0 Å². The Morgan fingerprint density at radius 2 is 1.77 bits per heavy atom. The molecule has 0 unspecified atom stereocenters. The molecule has 116 valence electrons. The largest absolute Gasteiger partial charge is 0.449 e. The van der Waals surface area contributed by atoms with E-state index in [0.29, 0.717) is 12.0 Å². The van der Waals surface area contributed by atoms with Gasteiger partial charge in [0.1, 0.15) is 8.07 Å². The molecule has 1 aromatic rings. The fourth-order valence-corrected chi connectivity index (χ4v) is 2.36. The van der Waals surface area contributed by atoms with E-state index in [1.807, 2.05) is 44.2 Å². The van der Waals surface area contributed by atoms with Crippen molar-refractivity contribution in [1.29, 1.82) is 0 Å². The highest BCUT2D eigenvalue weighted by atomic mass is 28.3. The lowest BCUT2D eigenvalue weighted by Crippen LogP contribution is -2.17. The van der Waals surface area contributed by atoms with Gasteiger partial charge in [-0.05, 0) is 25.0 Å². The van der Waals surface area contributed by atoms with E-state index in [2.05, 4.69) is 36.8 Å². The first-order valence-corrected chi connectivity index (χ1v) is 10.9. The summed E-state index contributed by atoms with van der Waals surface area (Å²) in [5, 5.41) is 0. The molecular weight excluding hydrogens is 288 g/mol. The maximum Gasteiger partial charge on any atom is 0.343 e. The average Bonchev–Trinajstić information content (AvgIpc) is 2.42. The van der Waals surface area contributed by atoms with Gasteiger partial charge in [-0.2, -0.15) is 0 Å². The van der Waals surface area contributed by atoms with Crippen LogP contribution in [-0.4, -0.2) is 20.7 Å². The third-order valence-corrected chi connectivity index (χ3v) is 3.54. The number of ether oxygens (including phenoxy) is 1. The van der Waals surface area contributed by atoms with E-state index in [4.69, 9.17) is 4.74 Å². The molecule has 0 radical (unpaired) electrons. The molecule has 0 aromatic heterocycles. The van der Waals surface area contributed by atoms with E-state index in [0.717, 1.165) is 11.1 Å². The predicted molar refractivity (Wildman–Crippen MR) is 94.1 cm³/mol. The van der Waals surface area contributed by atoms with Crippen molar-refractivity contribution in [3.8, 4) is 11.5 Å². The number of benzene rings is 1. The van der Waals surface area contributed by atoms with E-state index in [1.165, 1.54) is 0 Å². The number of rotatable bonds is 4. The summed E-state index contributed by atoms with van der Waals surface area (Å²) >= 11 is 0. The van der Waals surface area contributed by atoms with Crippen LogP contribution in [0.1, 0.15) is 19.4 Å². The highest BCUT2D eigenvalue weighted by Crippen LogP contribution is 2.09. The second-order valence-corrected chi connectivity index (χ2v) is 11.1. The lowest BCUT2D eigenvalue weighted by Gasteiger charge is -2.06. The average molecular weight is 312 g/mol. The first-order valence-electron chi connectivity index (χ1n) is 7.42. The first-order chi connectivity index (χ1) is 10.3. The minimum atomic E-state index is -1.42. The molecule has 0 atom stereocenters. The molecular formula is C19H24O2Si. The molecule has 0 saturated carbocycles. The Balaban J connectivity index is 2.79. The van der Waals surface area contributed by atoms with Gasteiger partial charge in [-0.25, -0.2) is 4.79 Å². The third-order valence-electron chi connectivity index (χ3n) is 2.61. The molecule has 22 heavy (non-hydrogen) atoms. The SMILES string of the molecule is CC(C)=C=C(Cc1ccccc1)C(=O)OCC#C[Si](C)(C)C. The summed E-state index contributed by atoms with van der Waals surface area (Å²) in [6.07, 6.45) is 0.520. The summed E-state index contributed by atoms with van der Waals surface area (Å²) in [5.41, 5.74) is 8.85. The summed E-state index contributed by atoms with van der Waals surface area (Å²) in [6.45, 7) is 10.5. The van der Waals surface area contributed by atoms with Crippen LogP contribution in [0.2, 0.25) is 19.6 Å². The van der Waals surface area contributed by atoms with Crippen LogP contribution in [0.25, 0.3) is 0 Å². The second kappa shape index (κ2) is 8.43. The zero-order valence-corrected chi connectivity index (χ0v) is 15.1. The third kappa shape index (κ3) is 7.69. The van der Waals surface area contributed by atoms with Crippen molar-refractivity contribution in [1.82, 2.24) is 0 Å². The van der Waals surface area contributed by atoms with Gasteiger partial charge >= 0.3 is 5.97 Å². The van der Waals surface area contributed by atoms with Crippen molar-refractivity contribution >= 4 is 14.0 Å². The highest BCUT2D eigenvalue weighted by Gasteiger charge is 2.12. The molecule has 0 aliphatic heterocycles. The zero-order valence-electron chi connectivity index (χ0n) is 14.1. The molecule has 0 aliphatic carbocycles. The molecule has 0 aliphatic rings. The van der Waals surface area contributed by atoms with Crippen molar-refractivity contribution in [2.24, 2.45) is 0 Å². The number of esters is 1. The van der Waals surface area contributed by atoms with Crippen molar-refractivity contribution < 1.29 is 9.53 Å². The van der Waals surface area contributed by atoms with Crippen molar-refractivity contribution in [2.75, 3.05) is 6.61 Å². The van der Waals surface area contributed by atoms with Gasteiger partial charge in [-0.1, -0.05) is 55.9 Å². The minimum Gasteiger partial charge on any atom is -0.449 e. The molecule has 0 spiro atoms. The molecule has 0 amide bonds. The van der Waals surface area contributed by atoms with Crippen LogP contribution in [0.15, 0.2) is 47.2 Å². The standard InChI is InChI=1S/C19H24O2Si/c1-16(2)14-18(15-17-10-7-6-8-11-17)19(20)21-12-9-13-22(3,4)5/h6-8,10-11H,12,15H2,1-5H3. The fraction of sp³-hybridized carbons (Fsp3) is 0.368. The maximum absolute atomic E-state index is 12.2. The smallest absolute Gasteiger partial charge is 0.343 e. The lowest BCUT2D eigenvalue weighted by atomic mass is 10.1. The Morgan fingerprint density at radius 1 is 1.14 bits per heavy atom. The van der Waals surface area contributed by atoms with Gasteiger partial charge < -0.3 is 4.74 Å². The van der Waals surface area contributed by atoms with Gasteiger partial charge in [0, 0.05) is 6.42 Å². The Bertz CT molecular complexity index is 629. The van der Waals surface area contributed by atoms with Crippen LogP contribution in [0, 0.1) is 11.5 Å². The molecule has 0 fully saturated rings. The Kier molecular flexibility index (Phi) is 6.92. The minimum absolute atomic E-state index is 0.145. The fourth-order valence-electron chi connectivity index (χ4n) is 1.76. The molecule has 1 aromatic carbocycles. The van der Waals surface area contributed by atoms with Crippen LogP contribution >= 0.6 is 0 Å². The van der Waals surface area contributed by atoms with Gasteiger partial charge in [-0.15, -0.1) is 11.3 Å². The van der Waals surface area contributed by atoms with Crippen LogP contribution in [0.5, 0.6) is 0 Å². The van der Waals surface area contributed by atoms with E-state index in [9.17, 15) is 4.79 Å². The van der Waals surface area contributed by atoms with Crippen molar-refractivity contribution in [3.63, 3.8) is 0 Å². The van der Waals surface area contributed by atoms with Gasteiger partial charge in [0.15, 0.2) is 6.61 Å². The summed E-state index contributed by atoms with van der Waals surface area (Å²) in [6, 6.07) is 9.86. The van der Waals surface area contributed by atoms with E-state index < -0.39 is 8.07 Å². The summed E-state index contributed by atoms with van der Waals surface area (Å²) < 4.78 is 5.27. The van der Waals surface area contributed by atoms with E-state index >= 15 is 0 Å². The Morgan fingerprint density at radius 3 is 2.32 bits per heavy atom. The van der Waals surface area contributed by atoms with Crippen LogP contribution in [-0.2, 0) is 16.0 Å². The summed E-state index contributed by atoms with van der Waals surface area (Å²) in [7, 11) is -1.42. The van der Waals surface area contributed by atoms with Crippen molar-refractivity contribution in [3.05, 3.63) is 52.8 Å². The van der Waals surface area contributed by atoms with Crippen LogP contribution in [0.3, 0.4) is 0 Å². The zero-order chi connectivity index (χ0) is 16.6. The number of carbonyl (C=O) groups excluding carboxylic acids is 1. The number of hydrogen-bond acceptors (Lipinski definition) is 2. The molecule has 0 saturated heterocycles. The monoisotopic (exact) mass is 312 g/mol. The molecule has 2 nitrogen and oxygen atoms in total. The van der Waals surface area contributed by atoms with Gasteiger partial charge in [-0.3, -0.25) is 0 Å². The van der Waals surface area contributed by atoms with Crippen LogP contribution < -0.4 is 0 Å². The molecule has 0 bridgehead atoms. The first kappa shape index (κ1) is 18.0. The number of carbonyl (C=O) groups is 1. The summed E-state index contributed by atoms with van der Waals surface area (Å²) in [4.78, 5) is 12.2.